The van der Waals surface area contributed by atoms with Crippen molar-refractivity contribution in [2.24, 2.45) is 0 Å². The van der Waals surface area contributed by atoms with E-state index in [4.69, 9.17) is 0 Å². The van der Waals surface area contributed by atoms with E-state index in [0.717, 1.165) is 10.7 Å². The van der Waals surface area contributed by atoms with E-state index in [1.807, 2.05) is 31.2 Å². The summed E-state index contributed by atoms with van der Waals surface area (Å²) in [6.07, 6.45) is 8.03. The standard InChI is InChI=1S/C9H14S/c1-4-6-7-8-9(3)10-5-2/h4,6-8H,3,5H2,1-2H3/b6-4-,8-7-. The van der Waals surface area contributed by atoms with Gasteiger partial charge in [0.1, 0.15) is 0 Å². The molecule has 0 amide bonds. The van der Waals surface area contributed by atoms with Crippen LogP contribution in [-0.4, -0.2) is 5.75 Å². The lowest BCUT2D eigenvalue weighted by Gasteiger charge is -1.91. The highest BCUT2D eigenvalue weighted by molar-refractivity contribution is 8.03. The molecule has 0 aromatic carbocycles. The van der Waals surface area contributed by atoms with E-state index in [-0.39, 0.29) is 0 Å². The Kier molecular flexibility index (Phi) is 6.40. The molecule has 0 atom stereocenters. The topological polar surface area (TPSA) is 0 Å². The maximum Gasteiger partial charge on any atom is -0.0000135 e. The Bertz CT molecular complexity index is 143. The minimum absolute atomic E-state index is 1.10. The van der Waals surface area contributed by atoms with Crippen molar-refractivity contribution >= 4 is 11.8 Å². The van der Waals surface area contributed by atoms with Crippen molar-refractivity contribution in [3.63, 3.8) is 0 Å². The molecular formula is C9H14S. The van der Waals surface area contributed by atoms with Gasteiger partial charge >= 0.3 is 0 Å². The van der Waals surface area contributed by atoms with Gasteiger partial charge in [-0.25, -0.2) is 0 Å². The van der Waals surface area contributed by atoms with E-state index in [1.54, 1.807) is 11.8 Å². The zero-order valence-corrected chi connectivity index (χ0v) is 7.45. The van der Waals surface area contributed by atoms with Gasteiger partial charge in [-0.2, -0.15) is 0 Å². The van der Waals surface area contributed by atoms with Crippen LogP contribution in [0.15, 0.2) is 35.8 Å². The number of hydrogen-bond donors (Lipinski definition) is 0. The number of thioether (sulfide) groups is 1. The van der Waals surface area contributed by atoms with Crippen LogP contribution in [0.25, 0.3) is 0 Å². The third-order valence-corrected chi connectivity index (χ3v) is 1.71. The van der Waals surface area contributed by atoms with Crippen LogP contribution < -0.4 is 0 Å². The summed E-state index contributed by atoms with van der Waals surface area (Å²) in [7, 11) is 0. The molecule has 0 saturated carbocycles. The molecule has 0 radical (unpaired) electrons. The molecule has 0 aliphatic carbocycles. The Morgan fingerprint density at radius 2 is 2.20 bits per heavy atom. The first kappa shape index (κ1) is 9.57. The highest BCUT2D eigenvalue weighted by atomic mass is 32.2. The van der Waals surface area contributed by atoms with Crippen LogP contribution in [0.5, 0.6) is 0 Å². The van der Waals surface area contributed by atoms with E-state index < -0.39 is 0 Å². The smallest absolute Gasteiger partial charge is 0.0000135 e. The highest BCUT2D eigenvalue weighted by Gasteiger charge is 1.82. The number of hydrogen-bond acceptors (Lipinski definition) is 1. The summed E-state index contributed by atoms with van der Waals surface area (Å²) in [4.78, 5) is 1.13. The summed E-state index contributed by atoms with van der Waals surface area (Å²) in [5.74, 6) is 1.10. The van der Waals surface area contributed by atoms with Gasteiger partial charge in [0.2, 0.25) is 0 Å². The molecule has 0 fully saturated rings. The molecule has 1 heteroatoms. The summed E-state index contributed by atoms with van der Waals surface area (Å²) in [5.41, 5.74) is 0. The first-order valence-corrected chi connectivity index (χ1v) is 4.41. The fourth-order valence-corrected chi connectivity index (χ4v) is 1.05. The van der Waals surface area contributed by atoms with Gasteiger partial charge in [0.25, 0.3) is 0 Å². The second-order valence-electron chi connectivity index (χ2n) is 1.78. The van der Waals surface area contributed by atoms with E-state index in [1.165, 1.54) is 0 Å². The van der Waals surface area contributed by atoms with Crippen LogP contribution >= 0.6 is 11.8 Å². The highest BCUT2D eigenvalue weighted by Crippen LogP contribution is 2.12. The molecule has 0 N–H and O–H groups in total. The van der Waals surface area contributed by atoms with Gasteiger partial charge in [-0.05, 0) is 23.7 Å². The molecule has 0 unspecified atom stereocenters. The van der Waals surface area contributed by atoms with Crippen molar-refractivity contribution in [3.05, 3.63) is 35.8 Å². The molecular weight excluding hydrogens is 140 g/mol. The summed E-state index contributed by atoms with van der Waals surface area (Å²) in [5, 5.41) is 0. The van der Waals surface area contributed by atoms with E-state index >= 15 is 0 Å². The summed E-state index contributed by atoms with van der Waals surface area (Å²) < 4.78 is 0. The average molecular weight is 154 g/mol. The molecule has 0 nitrogen and oxygen atoms in total. The van der Waals surface area contributed by atoms with Gasteiger partial charge < -0.3 is 0 Å². The molecule has 0 spiro atoms. The Hall–Kier alpha value is -0.430. The van der Waals surface area contributed by atoms with Gasteiger partial charge in [-0.1, -0.05) is 31.7 Å². The molecule has 0 bridgehead atoms. The number of allylic oxidation sites excluding steroid dienone is 4. The Morgan fingerprint density at radius 3 is 2.70 bits per heavy atom. The van der Waals surface area contributed by atoms with E-state index in [9.17, 15) is 0 Å². The van der Waals surface area contributed by atoms with Crippen LogP contribution in [0.4, 0.5) is 0 Å². The fourth-order valence-electron chi connectivity index (χ4n) is 0.507. The maximum absolute atomic E-state index is 3.86. The maximum atomic E-state index is 3.86. The van der Waals surface area contributed by atoms with Gasteiger partial charge in [0, 0.05) is 0 Å². The van der Waals surface area contributed by atoms with Crippen molar-refractivity contribution in [3.8, 4) is 0 Å². The predicted molar refractivity (Wildman–Crippen MR) is 51.2 cm³/mol. The number of rotatable bonds is 4. The van der Waals surface area contributed by atoms with Crippen molar-refractivity contribution in [2.45, 2.75) is 13.8 Å². The third kappa shape index (κ3) is 5.70. The van der Waals surface area contributed by atoms with Gasteiger partial charge in [0.15, 0.2) is 0 Å². The lowest BCUT2D eigenvalue weighted by atomic mass is 10.4. The van der Waals surface area contributed by atoms with Gasteiger partial charge in [-0.3, -0.25) is 0 Å². The average Bonchev–Trinajstić information content (AvgIpc) is 1.89. The lowest BCUT2D eigenvalue weighted by molar-refractivity contribution is 1.53. The molecule has 10 heavy (non-hydrogen) atoms. The van der Waals surface area contributed by atoms with Crippen molar-refractivity contribution in [1.29, 1.82) is 0 Å². The molecule has 0 aliphatic heterocycles. The zero-order valence-electron chi connectivity index (χ0n) is 6.63. The summed E-state index contributed by atoms with van der Waals surface area (Å²) in [6, 6.07) is 0. The largest absolute Gasteiger partial charge is 0.127 e. The summed E-state index contributed by atoms with van der Waals surface area (Å²) >= 11 is 1.77. The normalized spacial score (nSPS) is 11.4. The molecule has 0 saturated heterocycles. The quantitative estimate of drug-likeness (QED) is 0.559. The minimum atomic E-state index is 1.10. The second-order valence-corrected chi connectivity index (χ2v) is 3.17. The third-order valence-electron chi connectivity index (χ3n) is 0.915. The molecule has 56 valence electrons. The van der Waals surface area contributed by atoms with Crippen LogP contribution in [-0.2, 0) is 0 Å². The molecule has 0 aliphatic rings. The van der Waals surface area contributed by atoms with Crippen molar-refractivity contribution in [1.82, 2.24) is 0 Å². The van der Waals surface area contributed by atoms with Crippen molar-refractivity contribution < 1.29 is 0 Å². The predicted octanol–water partition coefficient (Wildman–Crippen LogP) is 3.39. The fraction of sp³-hybridized carbons (Fsp3) is 0.333. The van der Waals surface area contributed by atoms with E-state index in [0.29, 0.717) is 0 Å². The van der Waals surface area contributed by atoms with Gasteiger partial charge in [0.05, 0.1) is 0 Å². The van der Waals surface area contributed by atoms with E-state index in [2.05, 4.69) is 13.5 Å². The first-order valence-electron chi connectivity index (χ1n) is 3.42. The van der Waals surface area contributed by atoms with Crippen LogP contribution in [0, 0.1) is 0 Å². The minimum Gasteiger partial charge on any atom is -0.127 e. The lowest BCUT2D eigenvalue weighted by Crippen LogP contribution is -1.67. The van der Waals surface area contributed by atoms with Crippen molar-refractivity contribution in [2.75, 3.05) is 5.75 Å². The Balaban J connectivity index is 3.56. The summed E-state index contributed by atoms with van der Waals surface area (Å²) in [6.45, 7) is 7.98. The zero-order chi connectivity index (χ0) is 7.82. The first-order chi connectivity index (χ1) is 4.81. The second kappa shape index (κ2) is 6.69. The Morgan fingerprint density at radius 1 is 1.50 bits per heavy atom. The molecule has 0 aromatic rings. The van der Waals surface area contributed by atoms with Crippen LogP contribution in [0.1, 0.15) is 13.8 Å². The van der Waals surface area contributed by atoms with Crippen LogP contribution in [0.3, 0.4) is 0 Å². The SMILES string of the molecule is C=C(/C=C\C=C/C)SCC. The van der Waals surface area contributed by atoms with Gasteiger partial charge in [-0.15, -0.1) is 11.8 Å². The molecule has 0 rings (SSSR count). The molecule has 0 aromatic heterocycles. The monoisotopic (exact) mass is 154 g/mol. The van der Waals surface area contributed by atoms with Crippen LogP contribution in [0.2, 0.25) is 0 Å². The molecule has 0 heterocycles. The Labute approximate surface area is 67.7 Å².